The smallest absolute Gasteiger partial charge is 0.234 e. The third-order valence-corrected chi connectivity index (χ3v) is 5.49. The number of rotatable bonds is 5. The van der Waals surface area contributed by atoms with E-state index in [1.165, 1.54) is 23.9 Å². The highest BCUT2D eigenvalue weighted by atomic mass is 79.9. The van der Waals surface area contributed by atoms with Gasteiger partial charge in [0.25, 0.3) is 0 Å². The quantitative estimate of drug-likeness (QED) is 0.427. The first-order valence-corrected chi connectivity index (χ1v) is 10.1. The van der Waals surface area contributed by atoms with Crippen LogP contribution in [0, 0.1) is 5.82 Å². The van der Waals surface area contributed by atoms with E-state index in [1.54, 1.807) is 29.0 Å². The van der Waals surface area contributed by atoms with Crippen molar-refractivity contribution in [2.75, 3.05) is 11.1 Å². The molecule has 1 amide bonds. The number of hydrogen-bond acceptors (Lipinski definition) is 4. The zero-order valence-electron chi connectivity index (χ0n) is 14.5. The Morgan fingerprint density at radius 1 is 1.14 bits per heavy atom. The van der Waals surface area contributed by atoms with Crippen molar-refractivity contribution in [3.8, 4) is 11.3 Å². The average molecular weight is 457 g/mol. The summed E-state index contributed by atoms with van der Waals surface area (Å²) < 4.78 is 15.8. The van der Waals surface area contributed by atoms with Gasteiger partial charge in [-0.2, -0.15) is 5.10 Å². The van der Waals surface area contributed by atoms with Gasteiger partial charge in [-0.1, -0.05) is 27.7 Å². The molecule has 0 aliphatic carbocycles. The van der Waals surface area contributed by atoms with Gasteiger partial charge in [0.05, 0.1) is 17.0 Å². The molecule has 0 unspecified atom stereocenters. The van der Waals surface area contributed by atoms with Gasteiger partial charge < -0.3 is 5.32 Å². The Morgan fingerprint density at radius 2 is 1.89 bits per heavy atom. The summed E-state index contributed by atoms with van der Waals surface area (Å²) in [5, 5.41) is 8.07. The SMILES string of the molecule is O=C(CSc1nccn2nc(-c3ccc(F)cc3)cc12)Nc1ccc(Br)cc1. The van der Waals surface area contributed by atoms with Crippen LogP contribution in [0.25, 0.3) is 16.8 Å². The second-order valence-corrected chi connectivity index (χ2v) is 7.82. The molecule has 4 rings (SSSR count). The van der Waals surface area contributed by atoms with Gasteiger partial charge in [0.2, 0.25) is 5.91 Å². The molecule has 2 heterocycles. The molecule has 0 radical (unpaired) electrons. The third-order valence-electron chi connectivity index (χ3n) is 3.96. The molecule has 0 atom stereocenters. The normalized spacial score (nSPS) is 10.9. The van der Waals surface area contributed by atoms with Gasteiger partial charge in [0.1, 0.15) is 10.8 Å². The molecular formula is C20H14BrFN4OS. The third kappa shape index (κ3) is 4.23. The van der Waals surface area contributed by atoms with Crippen molar-refractivity contribution < 1.29 is 9.18 Å². The highest BCUT2D eigenvalue weighted by molar-refractivity contribution is 9.10. The number of carbonyl (C=O) groups excluding carboxylic acids is 1. The van der Waals surface area contributed by atoms with E-state index in [0.717, 1.165) is 21.2 Å². The van der Waals surface area contributed by atoms with E-state index in [0.29, 0.717) is 10.7 Å². The zero-order valence-corrected chi connectivity index (χ0v) is 16.9. The fraction of sp³-hybridized carbons (Fsp3) is 0.0500. The summed E-state index contributed by atoms with van der Waals surface area (Å²) in [4.78, 5) is 16.6. The first-order valence-electron chi connectivity index (χ1n) is 8.37. The molecule has 0 spiro atoms. The van der Waals surface area contributed by atoms with Crippen molar-refractivity contribution in [3.05, 3.63) is 77.3 Å². The molecular weight excluding hydrogens is 443 g/mol. The lowest BCUT2D eigenvalue weighted by molar-refractivity contribution is -0.113. The van der Waals surface area contributed by atoms with Crippen LogP contribution in [0.4, 0.5) is 10.1 Å². The van der Waals surface area contributed by atoms with Crippen LogP contribution >= 0.6 is 27.7 Å². The number of amides is 1. The molecule has 0 aliphatic heterocycles. The van der Waals surface area contributed by atoms with Crippen LogP contribution in [0.1, 0.15) is 0 Å². The molecule has 0 aliphatic rings. The van der Waals surface area contributed by atoms with Gasteiger partial charge in [0, 0.05) is 28.1 Å². The molecule has 140 valence electrons. The standard InChI is InChI=1S/C20H14BrFN4OS/c21-14-3-7-16(8-4-14)24-19(27)12-28-20-18-11-17(25-26(18)10-9-23-20)13-1-5-15(22)6-2-13/h1-11H,12H2,(H,24,27). The second-order valence-electron chi connectivity index (χ2n) is 5.94. The fourth-order valence-electron chi connectivity index (χ4n) is 2.64. The van der Waals surface area contributed by atoms with Crippen molar-refractivity contribution in [3.63, 3.8) is 0 Å². The summed E-state index contributed by atoms with van der Waals surface area (Å²) in [7, 11) is 0. The largest absolute Gasteiger partial charge is 0.325 e. The maximum Gasteiger partial charge on any atom is 0.234 e. The molecule has 2 aromatic carbocycles. The summed E-state index contributed by atoms with van der Waals surface area (Å²) in [6.07, 6.45) is 3.39. The molecule has 4 aromatic rings. The number of carbonyl (C=O) groups is 1. The van der Waals surface area contributed by atoms with Crippen LogP contribution in [0.2, 0.25) is 0 Å². The summed E-state index contributed by atoms with van der Waals surface area (Å²) in [5.74, 6) is -0.184. The number of thioether (sulfide) groups is 1. The Morgan fingerprint density at radius 3 is 2.64 bits per heavy atom. The molecule has 0 saturated carbocycles. The average Bonchev–Trinajstić information content (AvgIpc) is 3.13. The van der Waals surface area contributed by atoms with Gasteiger partial charge in [-0.15, -0.1) is 0 Å². The van der Waals surface area contributed by atoms with E-state index in [4.69, 9.17) is 0 Å². The highest BCUT2D eigenvalue weighted by Gasteiger charge is 2.11. The molecule has 2 aromatic heterocycles. The lowest BCUT2D eigenvalue weighted by Gasteiger charge is -2.05. The van der Waals surface area contributed by atoms with Crippen molar-refractivity contribution >= 4 is 44.8 Å². The summed E-state index contributed by atoms with van der Waals surface area (Å²) in [5.41, 5.74) is 3.06. The number of hydrogen-bond donors (Lipinski definition) is 1. The number of aromatic nitrogens is 3. The molecule has 0 fully saturated rings. The van der Waals surface area contributed by atoms with Crippen LogP contribution in [-0.4, -0.2) is 26.3 Å². The van der Waals surface area contributed by atoms with Gasteiger partial charge >= 0.3 is 0 Å². The summed E-state index contributed by atoms with van der Waals surface area (Å²) >= 11 is 4.70. The van der Waals surface area contributed by atoms with E-state index in [-0.39, 0.29) is 17.5 Å². The minimum Gasteiger partial charge on any atom is -0.325 e. The van der Waals surface area contributed by atoms with E-state index in [1.807, 2.05) is 30.3 Å². The van der Waals surface area contributed by atoms with Crippen molar-refractivity contribution in [2.45, 2.75) is 5.03 Å². The van der Waals surface area contributed by atoms with Crippen LogP contribution in [0.15, 0.2) is 76.5 Å². The van der Waals surface area contributed by atoms with Gasteiger partial charge in [-0.25, -0.2) is 13.9 Å². The lowest BCUT2D eigenvalue weighted by Crippen LogP contribution is -2.14. The minimum absolute atomic E-state index is 0.116. The maximum absolute atomic E-state index is 13.1. The topological polar surface area (TPSA) is 59.3 Å². The second kappa shape index (κ2) is 8.12. The number of anilines is 1. The van der Waals surface area contributed by atoms with Crippen LogP contribution in [0.3, 0.4) is 0 Å². The summed E-state index contributed by atoms with van der Waals surface area (Å²) in [6.45, 7) is 0. The number of halogens is 2. The first kappa shape index (κ1) is 18.6. The predicted octanol–water partition coefficient (Wildman–Crippen LogP) is 5.03. The molecule has 5 nitrogen and oxygen atoms in total. The molecule has 8 heteroatoms. The minimum atomic E-state index is -0.290. The van der Waals surface area contributed by atoms with E-state index in [2.05, 4.69) is 31.3 Å². The Kier molecular flexibility index (Phi) is 5.40. The van der Waals surface area contributed by atoms with Crippen LogP contribution in [0.5, 0.6) is 0 Å². The van der Waals surface area contributed by atoms with Crippen molar-refractivity contribution in [1.82, 2.24) is 14.6 Å². The Hall–Kier alpha value is -2.71. The monoisotopic (exact) mass is 456 g/mol. The predicted molar refractivity (Wildman–Crippen MR) is 112 cm³/mol. The molecule has 0 bridgehead atoms. The van der Waals surface area contributed by atoms with Crippen LogP contribution in [-0.2, 0) is 4.79 Å². The highest BCUT2D eigenvalue weighted by Crippen LogP contribution is 2.26. The lowest BCUT2D eigenvalue weighted by atomic mass is 10.1. The molecule has 28 heavy (non-hydrogen) atoms. The van der Waals surface area contributed by atoms with E-state index >= 15 is 0 Å². The zero-order chi connectivity index (χ0) is 19.5. The Labute approximate surface area is 173 Å². The Balaban J connectivity index is 1.50. The maximum atomic E-state index is 13.1. The van der Waals surface area contributed by atoms with E-state index < -0.39 is 0 Å². The fourth-order valence-corrected chi connectivity index (χ4v) is 3.68. The summed E-state index contributed by atoms with van der Waals surface area (Å²) in [6, 6.07) is 15.5. The number of nitrogens with one attached hydrogen (secondary N) is 1. The van der Waals surface area contributed by atoms with Gasteiger partial charge in [-0.05, 0) is 54.6 Å². The van der Waals surface area contributed by atoms with Crippen molar-refractivity contribution in [1.29, 1.82) is 0 Å². The molecule has 0 saturated heterocycles. The van der Waals surface area contributed by atoms with E-state index in [9.17, 15) is 9.18 Å². The number of benzene rings is 2. The van der Waals surface area contributed by atoms with Crippen molar-refractivity contribution in [2.24, 2.45) is 0 Å². The number of nitrogens with zero attached hydrogens (tertiary/aromatic N) is 3. The van der Waals surface area contributed by atoms with Gasteiger partial charge in [0.15, 0.2) is 0 Å². The van der Waals surface area contributed by atoms with Crippen LogP contribution < -0.4 is 5.32 Å². The number of fused-ring (bicyclic) bond motifs is 1. The van der Waals surface area contributed by atoms with Gasteiger partial charge in [-0.3, -0.25) is 4.79 Å². The first-order chi connectivity index (χ1) is 13.6. The Bertz CT molecular complexity index is 1130. The molecule has 1 N–H and O–H groups in total.